The second-order valence-corrected chi connectivity index (χ2v) is 7.08. The van der Waals surface area contributed by atoms with Gasteiger partial charge >= 0.3 is 29.6 Å². The number of aliphatic carboxylic acids is 1. The Kier molecular flexibility index (Phi) is 4.87. The van der Waals surface area contributed by atoms with Crippen molar-refractivity contribution in [2.24, 2.45) is 4.99 Å². The van der Waals surface area contributed by atoms with Crippen molar-refractivity contribution in [3.63, 3.8) is 0 Å². The fraction of sp³-hybridized carbons (Fsp3) is 0.267. The van der Waals surface area contributed by atoms with E-state index in [0.717, 1.165) is 10.9 Å². The molecule has 2 heterocycles. The topological polar surface area (TPSA) is 85.3 Å². The summed E-state index contributed by atoms with van der Waals surface area (Å²) in [6.45, 7) is 3.49. The fourth-order valence-corrected chi connectivity index (χ4v) is 3.54. The number of fused-ring (bicyclic) bond motifs is 1. The quantitative estimate of drug-likeness (QED) is 0.544. The number of para-hydroxylation sites is 1. The van der Waals surface area contributed by atoms with Crippen LogP contribution in [0.3, 0.4) is 0 Å². The fourth-order valence-electron chi connectivity index (χ4n) is 2.42. The number of H-pyrrole nitrogens is 1. The molecule has 0 bridgehead atoms. The van der Waals surface area contributed by atoms with Crippen molar-refractivity contribution in [1.29, 1.82) is 0 Å². The van der Waals surface area contributed by atoms with Crippen LogP contribution in [-0.2, 0) is 4.79 Å². The number of ketones is 1. The minimum atomic E-state index is -1.26. The molecular weight excluding hydrogens is 311 g/mol. The standard InChI is InChI=1S/C15H14N2O3S.Na/c1-15(2)12(14(19)20)17-13(21-15)11(18)9-7-16-10-6-4-3-5-8(9)10;/h3-7,12,16H,1-2H3,(H,19,20);/q;+1/p-1/t12-;/m0./s1. The number of aromatic nitrogens is 1. The molecule has 0 spiro atoms. The first-order chi connectivity index (χ1) is 9.90. The maximum Gasteiger partial charge on any atom is 1.00 e. The number of carboxylic acid groups (broad SMARTS) is 1. The van der Waals surface area contributed by atoms with Gasteiger partial charge in [0.25, 0.3) is 0 Å². The molecule has 0 amide bonds. The summed E-state index contributed by atoms with van der Waals surface area (Å²) in [6, 6.07) is 6.45. The monoisotopic (exact) mass is 324 g/mol. The Morgan fingerprint density at radius 1 is 1.32 bits per heavy atom. The number of carboxylic acids is 1. The van der Waals surface area contributed by atoms with Crippen LogP contribution < -0.4 is 34.7 Å². The summed E-state index contributed by atoms with van der Waals surface area (Å²) in [5, 5.41) is 12.2. The summed E-state index contributed by atoms with van der Waals surface area (Å²) >= 11 is 1.18. The molecule has 0 fully saturated rings. The Labute approximate surface area is 153 Å². The molecule has 0 aliphatic carbocycles. The van der Waals surface area contributed by atoms with Crippen LogP contribution in [0.2, 0.25) is 0 Å². The van der Waals surface area contributed by atoms with Gasteiger partial charge in [-0.05, 0) is 19.9 Å². The number of nitrogens with one attached hydrogen (secondary N) is 1. The van der Waals surface area contributed by atoms with E-state index in [4.69, 9.17) is 0 Å². The van der Waals surface area contributed by atoms with Gasteiger partial charge in [0.05, 0.1) is 11.5 Å². The molecule has 1 atom stereocenters. The number of thioether (sulfide) groups is 1. The Hall–Kier alpha value is -1.08. The first-order valence-corrected chi connectivity index (χ1v) is 7.30. The number of benzene rings is 1. The predicted molar refractivity (Wildman–Crippen MR) is 80.5 cm³/mol. The third kappa shape index (κ3) is 2.88. The molecule has 1 aliphatic rings. The van der Waals surface area contributed by atoms with Crippen LogP contribution >= 0.6 is 11.8 Å². The van der Waals surface area contributed by atoms with Crippen molar-refractivity contribution in [1.82, 2.24) is 4.98 Å². The zero-order chi connectivity index (χ0) is 15.2. The van der Waals surface area contributed by atoms with Gasteiger partial charge in [0.1, 0.15) is 11.1 Å². The van der Waals surface area contributed by atoms with Crippen LogP contribution in [-0.4, -0.2) is 32.6 Å². The summed E-state index contributed by atoms with van der Waals surface area (Å²) < 4.78 is -0.685. The largest absolute Gasteiger partial charge is 1.00 e. The number of rotatable bonds is 3. The first kappa shape index (κ1) is 17.3. The second kappa shape index (κ2) is 6.20. The van der Waals surface area contributed by atoms with Crippen molar-refractivity contribution in [2.75, 3.05) is 0 Å². The average molecular weight is 324 g/mol. The average Bonchev–Trinajstić information content (AvgIpc) is 2.98. The number of aromatic amines is 1. The zero-order valence-electron chi connectivity index (χ0n) is 12.5. The van der Waals surface area contributed by atoms with Crippen LogP contribution in [0.4, 0.5) is 0 Å². The molecule has 0 unspecified atom stereocenters. The normalized spacial score (nSPS) is 19.5. The molecule has 7 heteroatoms. The van der Waals surface area contributed by atoms with Crippen molar-refractivity contribution >= 4 is 39.5 Å². The van der Waals surface area contributed by atoms with E-state index in [1.54, 1.807) is 20.0 Å². The molecule has 0 saturated carbocycles. The van der Waals surface area contributed by atoms with Gasteiger partial charge in [0.15, 0.2) is 0 Å². The van der Waals surface area contributed by atoms with Crippen LogP contribution in [0.25, 0.3) is 10.9 Å². The maximum absolute atomic E-state index is 12.6. The van der Waals surface area contributed by atoms with Gasteiger partial charge in [-0.1, -0.05) is 30.0 Å². The SMILES string of the molecule is CC1(C)SC(C(=O)c2c[nH]c3ccccc23)=N[C@H]1C(=O)[O-].[Na+]. The molecule has 2 aromatic rings. The van der Waals surface area contributed by atoms with Gasteiger partial charge < -0.3 is 14.9 Å². The number of hydrogen-bond donors (Lipinski definition) is 1. The minimum absolute atomic E-state index is 0. The molecule has 108 valence electrons. The Bertz CT molecular complexity index is 782. The van der Waals surface area contributed by atoms with Gasteiger partial charge in [0.2, 0.25) is 5.78 Å². The van der Waals surface area contributed by atoms with E-state index in [0.29, 0.717) is 5.56 Å². The van der Waals surface area contributed by atoms with E-state index in [9.17, 15) is 14.7 Å². The Balaban J connectivity index is 0.00000176. The molecule has 1 aromatic heterocycles. The van der Waals surface area contributed by atoms with Crippen molar-refractivity contribution in [3.05, 3.63) is 36.0 Å². The van der Waals surface area contributed by atoms with E-state index in [2.05, 4.69) is 9.98 Å². The Morgan fingerprint density at radius 3 is 2.64 bits per heavy atom. The number of carbonyl (C=O) groups excluding carboxylic acids is 2. The number of carbonyl (C=O) groups is 2. The molecule has 5 nitrogen and oxygen atoms in total. The summed E-state index contributed by atoms with van der Waals surface area (Å²) in [6.07, 6.45) is 1.63. The van der Waals surface area contributed by atoms with Gasteiger partial charge in [-0.3, -0.25) is 9.79 Å². The van der Waals surface area contributed by atoms with E-state index >= 15 is 0 Å². The minimum Gasteiger partial charge on any atom is -0.548 e. The van der Waals surface area contributed by atoms with E-state index in [1.165, 1.54) is 11.8 Å². The van der Waals surface area contributed by atoms with E-state index in [1.807, 2.05) is 24.3 Å². The first-order valence-electron chi connectivity index (χ1n) is 6.48. The molecule has 1 N–H and O–H groups in total. The van der Waals surface area contributed by atoms with Crippen LogP contribution in [0.1, 0.15) is 24.2 Å². The van der Waals surface area contributed by atoms with Crippen molar-refractivity contribution in [2.45, 2.75) is 24.6 Å². The van der Waals surface area contributed by atoms with Gasteiger partial charge in [-0.25, -0.2) is 0 Å². The van der Waals surface area contributed by atoms with Gasteiger partial charge in [-0.2, -0.15) is 0 Å². The predicted octanol–water partition coefficient (Wildman–Crippen LogP) is -1.60. The van der Waals surface area contributed by atoms with Crippen LogP contribution in [0.5, 0.6) is 0 Å². The third-order valence-electron chi connectivity index (χ3n) is 3.52. The van der Waals surface area contributed by atoms with Crippen LogP contribution in [0, 0.1) is 0 Å². The summed E-state index contributed by atoms with van der Waals surface area (Å²) in [5.41, 5.74) is 1.37. The molecule has 0 radical (unpaired) electrons. The summed E-state index contributed by atoms with van der Waals surface area (Å²) in [4.78, 5) is 30.8. The third-order valence-corrected chi connectivity index (χ3v) is 4.75. The number of hydrogen-bond acceptors (Lipinski definition) is 5. The van der Waals surface area contributed by atoms with Gasteiger partial charge in [-0.15, -0.1) is 0 Å². The molecular formula is C15H13N2NaO3S. The Morgan fingerprint density at radius 2 is 2.00 bits per heavy atom. The van der Waals surface area contributed by atoms with E-state index < -0.39 is 16.8 Å². The van der Waals surface area contributed by atoms with E-state index in [-0.39, 0.29) is 40.4 Å². The molecule has 1 aliphatic heterocycles. The molecule has 0 saturated heterocycles. The molecule has 22 heavy (non-hydrogen) atoms. The van der Waals surface area contributed by atoms with Crippen LogP contribution in [0.15, 0.2) is 35.5 Å². The summed E-state index contributed by atoms with van der Waals surface area (Å²) in [5.74, 6) is -1.51. The number of aliphatic imine (C=N–C) groups is 1. The number of nitrogens with zero attached hydrogens (tertiary/aromatic N) is 1. The van der Waals surface area contributed by atoms with Gasteiger partial charge in [0, 0.05) is 21.8 Å². The zero-order valence-corrected chi connectivity index (χ0v) is 15.4. The summed E-state index contributed by atoms with van der Waals surface area (Å²) in [7, 11) is 0. The smallest absolute Gasteiger partial charge is 0.548 e. The maximum atomic E-state index is 12.6. The van der Waals surface area contributed by atoms with Crippen molar-refractivity contribution < 1.29 is 44.3 Å². The van der Waals surface area contributed by atoms with Crippen molar-refractivity contribution in [3.8, 4) is 0 Å². The molecule has 1 aromatic carbocycles. The number of Topliss-reactive ketones (excluding diaryl/α,β-unsaturated/α-hetero) is 1. The second-order valence-electron chi connectivity index (χ2n) is 5.44. The molecule has 3 rings (SSSR count).